The fourth-order valence-electron chi connectivity index (χ4n) is 1.41. The second-order valence-corrected chi connectivity index (χ2v) is 3.04. The van der Waals surface area contributed by atoms with Crippen LogP contribution in [0.3, 0.4) is 0 Å². The van der Waals surface area contributed by atoms with E-state index in [1.807, 2.05) is 0 Å². The van der Waals surface area contributed by atoms with E-state index in [0.29, 0.717) is 16.5 Å². The number of hydrogen-bond acceptors (Lipinski definition) is 3. The molecule has 0 bridgehead atoms. The van der Waals surface area contributed by atoms with Crippen LogP contribution in [0.15, 0.2) is 22.6 Å². The van der Waals surface area contributed by atoms with Crippen molar-refractivity contribution in [3.63, 3.8) is 0 Å². The van der Waals surface area contributed by atoms with Gasteiger partial charge in [0.05, 0.1) is 0 Å². The number of aromatic hydroxyl groups is 1. The number of benzene rings is 1. The van der Waals surface area contributed by atoms with E-state index in [-0.39, 0.29) is 11.5 Å². The maximum atomic E-state index is 10.7. The quantitative estimate of drug-likeness (QED) is 0.726. The van der Waals surface area contributed by atoms with Gasteiger partial charge in [0.1, 0.15) is 11.3 Å². The van der Waals surface area contributed by atoms with Crippen molar-refractivity contribution in [3.8, 4) is 5.75 Å². The molecule has 0 fully saturated rings. The molecule has 1 aromatic heterocycles. The number of fused-ring (bicyclic) bond motifs is 1. The second-order valence-electron chi connectivity index (χ2n) is 3.04. The fraction of sp³-hybridized carbons (Fsp3) is 0.100. The Kier molecular flexibility index (Phi) is 1.70. The van der Waals surface area contributed by atoms with Gasteiger partial charge in [0.2, 0.25) is 5.76 Å². The van der Waals surface area contributed by atoms with Gasteiger partial charge in [0.15, 0.2) is 0 Å². The van der Waals surface area contributed by atoms with Gasteiger partial charge in [-0.1, -0.05) is 0 Å². The maximum absolute atomic E-state index is 10.7. The minimum Gasteiger partial charge on any atom is -0.508 e. The van der Waals surface area contributed by atoms with Crippen molar-refractivity contribution in [1.29, 1.82) is 0 Å². The van der Waals surface area contributed by atoms with Crippen LogP contribution in [-0.2, 0) is 0 Å². The van der Waals surface area contributed by atoms with E-state index in [2.05, 4.69) is 0 Å². The normalized spacial score (nSPS) is 10.6. The highest BCUT2D eigenvalue weighted by atomic mass is 16.4. The molecule has 0 amide bonds. The number of hydrogen-bond donors (Lipinski definition) is 2. The van der Waals surface area contributed by atoms with Crippen molar-refractivity contribution in [3.05, 3.63) is 29.5 Å². The number of carboxylic acids is 1. The Labute approximate surface area is 79.4 Å². The maximum Gasteiger partial charge on any atom is 0.372 e. The van der Waals surface area contributed by atoms with E-state index < -0.39 is 5.97 Å². The van der Waals surface area contributed by atoms with Crippen molar-refractivity contribution in [2.45, 2.75) is 6.92 Å². The van der Waals surface area contributed by atoms with E-state index in [0.717, 1.165) is 0 Å². The zero-order valence-corrected chi connectivity index (χ0v) is 7.44. The van der Waals surface area contributed by atoms with Crippen LogP contribution in [0.5, 0.6) is 5.75 Å². The monoisotopic (exact) mass is 192 g/mol. The molecular formula is C10H8O4. The number of phenols is 1. The molecule has 0 saturated heterocycles. The fourth-order valence-corrected chi connectivity index (χ4v) is 1.41. The topological polar surface area (TPSA) is 70.7 Å². The lowest BCUT2D eigenvalue weighted by Crippen LogP contribution is -1.94. The van der Waals surface area contributed by atoms with E-state index in [4.69, 9.17) is 9.52 Å². The zero-order valence-electron chi connectivity index (χ0n) is 7.44. The number of carbonyl (C=O) groups is 1. The lowest BCUT2D eigenvalue weighted by molar-refractivity contribution is 0.0664. The van der Waals surface area contributed by atoms with Gasteiger partial charge in [0, 0.05) is 10.9 Å². The first-order valence-corrected chi connectivity index (χ1v) is 4.05. The number of carboxylic acid groups (broad SMARTS) is 1. The van der Waals surface area contributed by atoms with Crippen LogP contribution < -0.4 is 0 Å². The largest absolute Gasteiger partial charge is 0.508 e. The summed E-state index contributed by atoms with van der Waals surface area (Å²) in [5.74, 6) is -1.08. The third-order valence-corrected chi connectivity index (χ3v) is 2.11. The van der Waals surface area contributed by atoms with E-state index in [1.165, 1.54) is 12.1 Å². The molecule has 1 aromatic carbocycles. The zero-order chi connectivity index (χ0) is 10.3. The van der Waals surface area contributed by atoms with Gasteiger partial charge in [-0.15, -0.1) is 0 Å². The number of aryl methyl sites for hydroxylation is 1. The van der Waals surface area contributed by atoms with Crippen LogP contribution in [-0.4, -0.2) is 16.2 Å². The summed E-state index contributed by atoms with van der Waals surface area (Å²) in [4.78, 5) is 10.7. The molecule has 4 nitrogen and oxygen atoms in total. The summed E-state index contributed by atoms with van der Waals surface area (Å²) in [6.07, 6.45) is 0. The summed E-state index contributed by atoms with van der Waals surface area (Å²) >= 11 is 0. The lowest BCUT2D eigenvalue weighted by atomic mass is 10.1. The molecule has 0 spiro atoms. The number of phenolic OH excluding ortho intramolecular Hbond substituents is 1. The van der Waals surface area contributed by atoms with Crippen molar-refractivity contribution >= 4 is 16.9 Å². The summed E-state index contributed by atoms with van der Waals surface area (Å²) in [6.45, 7) is 1.65. The van der Waals surface area contributed by atoms with Gasteiger partial charge < -0.3 is 14.6 Å². The summed E-state index contributed by atoms with van der Waals surface area (Å²) < 4.78 is 5.10. The predicted molar refractivity (Wildman–Crippen MR) is 49.6 cm³/mol. The average Bonchev–Trinajstić information content (AvgIpc) is 2.44. The van der Waals surface area contributed by atoms with E-state index >= 15 is 0 Å². The first kappa shape index (κ1) is 8.62. The van der Waals surface area contributed by atoms with Crippen molar-refractivity contribution < 1.29 is 19.4 Å². The molecule has 4 heteroatoms. The van der Waals surface area contributed by atoms with Crippen LogP contribution in [0.4, 0.5) is 0 Å². The Hall–Kier alpha value is -1.97. The number of rotatable bonds is 1. The predicted octanol–water partition coefficient (Wildman–Crippen LogP) is 2.15. The molecular weight excluding hydrogens is 184 g/mol. The Morgan fingerprint density at radius 2 is 2.14 bits per heavy atom. The highest BCUT2D eigenvalue weighted by molar-refractivity contribution is 5.95. The first-order valence-electron chi connectivity index (χ1n) is 4.05. The Morgan fingerprint density at radius 1 is 1.43 bits per heavy atom. The summed E-state index contributed by atoms with van der Waals surface area (Å²) in [6, 6.07) is 4.49. The smallest absolute Gasteiger partial charge is 0.372 e. The Balaban J connectivity index is 2.80. The van der Waals surface area contributed by atoms with Gasteiger partial charge in [-0.05, 0) is 25.1 Å². The van der Waals surface area contributed by atoms with E-state index in [9.17, 15) is 9.90 Å². The molecule has 0 aliphatic carbocycles. The van der Waals surface area contributed by atoms with Crippen LogP contribution in [0.25, 0.3) is 11.0 Å². The molecule has 2 aromatic rings. The van der Waals surface area contributed by atoms with Crippen LogP contribution in [0.1, 0.15) is 16.1 Å². The minimum absolute atomic E-state index is 0.0781. The molecule has 0 atom stereocenters. The summed E-state index contributed by atoms with van der Waals surface area (Å²) in [5, 5.41) is 18.6. The van der Waals surface area contributed by atoms with Gasteiger partial charge in [-0.25, -0.2) is 4.79 Å². The third kappa shape index (κ3) is 1.12. The average molecular weight is 192 g/mol. The second kappa shape index (κ2) is 2.77. The Morgan fingerprint density at radius 3 is 2.79 bits per heavy atom. The SMILES string of the molecule is Cc1c(C(=O)O)oc2ccc(O)cc12. The highest BCUT2D eigenvalue weighted by Crippen LogP contribution is 2.28. The lowest BCUT2D eigenvalue weighted by Gasteiger charge is -1.90. The van der Waals surface area contributed by atoms with Crippen LogP contribution in [0, 0.1) is 6.92 Å². The summed E-state index contributed by atoms with van der Waals surface area (Å²) in [5.41, 5.74) is 1.00. The number of furan rings is 1. The number of aromatic carboxylic acids is 1. The molecule has 0 saturated carbocycles. The van der Waals surface area contributed by atoms with Crippen molar-refractivity contribution in [2.24, 2.45) is 0 Å². The molecule has 14 heavy (non-hydrogen) atoms. The molecule has 0 unspecified atom stereocenters. The standard InChI is InChI=1S/C10H8O4/c1-5-7-4-6(11)2-3-8(7)14-9(5)10(12)13/h2-4,11H,1H3,(H,12,13). The Bertz CT molecular complexity index is 510. The van der Waals surface area contributed by atoms with Gasteiger partial charge in [0.25, 0.3) is 0 Å². The summed E-state index contributed by atoms with van der Waals surface area (Å²) in [7, 11) is 0. The van der Waals surface area contributed by atoms with Gasteiger partial charge in [-0.2, -0.15) is 0 Å². The van der Waals surface area contributed by atoms with Crippen LogP contribution >= 0.6 is 0 Å². The highest BCUT2D eigenvalue weighted by Gasteiger charge is 2.16. The molecule has 72 valence electrons. The molecule has 0 aliphatic rings. The molecule has 0 aliphatic heterocycles. The minimum atomic E-state index is -1.10. The molecule has 2 N–H and O–H groups in total. The van der Waals surface area contributed by atoms with Crippen molar-refractivity contribution in [1.82, 2.24) is 0 Å². The molecule has 2 rings (SSSR count). The third-order valence-electron chi connectivity index (χ3n) is 2.11. The van der Waals surface area contributed by atoms with E-state index in [1.54, 1.807) is 13.0 Å². The van der Waals surface area contributed by atoms with Gasteiger partial charge in [-0.3, -0.25) is 0 Å². The van der Waals surface area contributed by atoms with Gasteiger partial charge >= 0.3 is 5.97 Å². The van der Waals surface area contributed by atoms with Crippen molar-refractivity contribution in [2.75, 3.05) is 0 Å². The molecule has 1 heterocycles. The first-order chi connectivity index (χ1) is 6.59. The van der Waals surface area contributed by atoms with Crippen LogP contribution in [0.2, 0.25) is 0 Å². The molecule has 0 radical (unpaired) electrons.